The molecule has 2 aromatic heterocycles. The topological polar surface area (TPSA) is 166 Å². The van der Waals surface area contributed by atoms with Gasteiger partial charge in [0.1, 0.15) is 17.7 Å². The highest BCUT2D eigenvalue weighted by atomic mass is 16.4. The number of hydrogen-bond donors (Lipinski definition) is 3. The van der Waals surface area contributed by atoms with Crippen LogP contribution >= 0.6 is 0 Å². The van der Waals surface area contributed by atoms with Gasteiger partial charge in [-0.05, 0) is 63.9 Å². The number of aromatic nitrogens is 5. The molecule has 0 radical (unpaired) electrons. The smallest absolute Gasteiger partial charge is 0.300 e. The van der Waals surface area contributed by atoms with Crippen molar-refractivity contribution in [2.75, 3.05) is 19.6 Å². The van der Waals surface area contributed by atoms with Gasteiger partial charge in [-0.3, -0.25) is 24.3 Å². The largest absolute Gasteiger partial charge is 0.481 e. The van der Waals surface area contributed by atoms with Crippen molar-refractivity contribution in [2.45, 2.75) is 90.3 Å². The molecule has 0 spiro atoms. The van der Waals surface area contributed by atoms with Gasteiger partial charge in [-0.15, -0.1) is 0 Å². The molecule has 3 N–H and O–H groups in total. The zero-order valence-corrected chi connectivity index (χ0v) is 26.0. The number of carboxylic acids is 1. The van der Waals surface area contributed by atoms with Gasteiger partial charge in [0, 0.05) is 44.2 Å². The lowest BCUT2D eigenvalue weighted by Crippen LogP contribution is -2.53. The van der Waals surface area contributed by atoms with Crippen molar-refractivity contribution in [3.8, 4) is 0 Å². The number of nitrogens with one attached hydrogen (secondary N) is 2. The molecule has 13 nitrogen and oxygen atoms in total. The van der Waals surface area contributed by atoms with Crippen LogP contribution < -0.4 is 5.32 Å². The summed E-state index contributed by atoms with van der Waals surface area (Å²) in [4.78, 5) is 58.2. The van der Waals surface area contributed by atoms with Gasteiger partial charge < -0.3 is 20.2 Å². The summed E-state index contributed by atoms with van der Waals surface area (Å²) in [6.07, 6.45) is 6.53. The van der Waals surface area contributed by atoms with Gasteiger partial charge in [-0.2, -0.15) is 10.2 Å². The predicted octanol–water partition coefficient (Wildman–Crippen LogP) is 2.61. The molecule has 2 atom stereocenters. The fourth-order valence-corrected chi connectivity index (χ4v) is 6.46. The standard InChI is InChI=1S/C30H38N8O3.C2H4O2/c1-20-31-28-24(19-21-9-3-2-4-10-21)32-29(40)25-13-5-6-16-37(25)26(39)14-8-15-36(17-18-38(28)35-20)30(41)27-22-11-7-12-23(22)33-34-27;1-2(3)4/h2-4,9-10,24-25H,5-8,11-19H2,1H3,(H,32,40)(H,33,34);1H3,(H,3,4)/t24-,25+;/m1./s1. The molecule has 0 bridgehead atoms. The third-order valence-electron chi connectivity index (χ3n) is 8.54. The number of rotatable bonds is 3. The highest BCUT2D eigenvalue weighted by Crippen LogP contribution is 2.25. The lowest BCUT2D eigenvalue weighted by atomic mass is 9.99. The number of aliphatic carboxylic acids is 1. The first-order valence-electron chi connectivity index (χ1n) is 15.8. The number of carbonyl (C=O) groups excluding carboxylic acids is 3. The van der Waals surface area contributed by atoms with Crippen LogP contribution in [0.25, 0.3) is 0 Å². The second-order valence-corrected chi connectivity index (χ2v) is 11.9. The quantitative estimate of drug-likeness (QED) is 0.403. The van der Waals surface area contributed by atoms with Gasteiger partial charge in [0.2, 0.25) is 11.8 Å². The summed E-state index contributed by atoms with van der Waals surface area (Å²) in [6.45, 7) is 4.72. The lowest BCUT2D eigenvalue weighted by Gasteiger charge is -2.36. The Labute approximate surface area is 262 Å². The minimum absolute atomic E-state index is 0.0337. The molecule has 4 heterocycles. The molecule has 240 valence electrons. The Hall–Kier alpha value is -4.55. The second kappa shape index (κ2) is 14.5. The number of aryl methyl sites for hydroxylation is 2. The monoisotopic (exact) mass is 618 g/mol. The van der Waals surface area contributed by atoms with Crippen LogP contribution in [0.2, 0.25) is 0 Å². The number of fused-ring (bicyclic) bond motifs is 3. The van der Waals surface area contributed by atoms with E-state index in [1.54, 1.807) is 9.80 Å². The molecule has 1 aromatic carbocycles. The Morgan fingerprint density at radius 2 is 1.76 bits per heavy atom. The second-order valence-electron chi connectivity index (χ2n) is 11.9. The van der Waals surface area contributed by atoms with Crippen LogP contribution in [0.1, 0.15) is 90.4 Å². The van der Waals surface area contributed by atoms with Crippen LogP contribution in [0.3, 0.4) is 0 Å². The van der Waals surface area contributed by atoms with Crippen LogP contribution in [0.15, 0.2) is 30.3 Å². The van der Waals surface area contributed by atoms with Crippen LogP contribution in [-0.4, -0.2) is 89.2 Å². The molecule has 1 saturated heterocycles. The maximum atomic E-state index is 13.8. The molecule has 0 saturated carbocycles. The summed E-state index contributed by atoms with van der Waals surface area (Å²) in [5, 5.41) is 22.8. The van der Waals surface area contributed by atoms with Crippen molar-refractivity contribution >= 4 is 23.7 Å². The zero-order chi connectivity index (χ0) is 31.9. The minimum atomic E-state index is -0.833. The third-order valence-corrected chi connectivity index (χ3v) is 8.54. The van der Waals surface area contributed by atoms with Gasteiger partial charge in [0.05, 0.1) is 12.6 Å². The Bertz CT molecular complexity index is 1510. The molecule has 1 aliphatic carbocycles. The number of nitrogens with zero attached hydrogens (tertiary/aromatic N) is 6. The number of carbonyl (C=O) groups is 4. The van der Waals surface area contributed by atoms with Crippen LogP contribution in [0, 0.1) is 6.92 Å². The lowest BCUT2D eigenvalue weighted by molar-refractivity contribution is -0.142. The number of carboxylic acid groups (broad SMARTS) is 1. The SMILES string of the molecule is CC(=O)O.Cc1nc2n(n1)CCN(C(=O)c1n[nH]c3c1CCC3)CCCC(=O)N1CCCC[C@H]1C(=O)N[C@@H]2Cc1ccccc1. The van der Waals surface area contributed by atoms with Gasteiger partial charge in [-0.1, -0.05) is 30.3 Å². The Morgan fingerprint density at radius 1 is 0.978 bits per heavy atom. The third kappa shape index (κ3) is 7.76. The first kappa shape index (κ1) is 31.9. The van der Waals surface area contributed by atoms with E-state index >= 15 is 0 Å². The number of aromatic amines is 1. The summed E-state index contributed by atoms with van der Waals surface area (Å²) in [5.41, 5.74) is 3.62. The van der Waals surface area contributed by atoms with E-state index in [1.807, 2.05) is 41.9 Å². The average Bonchev–Trinajstić information content (AvgIpc) is 3.74. The van der Waals surface area contributed by atoms with E-state index in [4.69, 9.17) is 14.9 Å². The highest BCUT2D eigenvalue weighted by molar-refractivity contribution is 5.94. The van der Waals surface area contributed by atoms with Crippen LogP contribution in [-0.2, 0) is 40.2 Å². The summed E-state index contributed by atoms with van der Waals surface area (Å²) < 4.78 is 1.83. The minimum Gasteiger partial charge on any atom is -0.481 e. The van der Waals surface area contributed by atoms with E-state index < -0.39 is 18.1 Å². The number of hydrogen-bond acceptors (Lipinski definition) is 7. The number of amides is 3. The van der Waals surface area contributed by atoms with Crippen molar-refractivity contribution in [1.29, 1.82) is 0 Å². The maximum Gasteiger partial charge on any atom is 0.300 e. The van der Waals surface area contributed by atoms with Crippen LogP contribution in [0.4, 0.5) is 0 Å². The Morgan fingerprint density at radius 3 is 2.53 bits per heavy atom. The van der Waals surface area contributed by atoms with E-state index in [2.05, 4.69) is 20.6 Å². The Balaban J connectivity index is 0.000000945. The van der Waals surface area contributed by atoms with Gasteiger partial charge >= 0.3 is 0 Å². The summed E-state index contributed by atoms with van der Waals surface area (Å²) in [7, 11) is 0. The molecule has 3 aromatic rings. The van der Waals surface area contributed by atoms with E-state index in [0.717, 1.165) is 55.8 Å². The molecule has 1 fully saturated rings. The summed E-state index contributed by atoms with van der Waals surface area (Å²) >= 11 is 0. The van der Waals surface area contributed by atoms with Crippen molar-refractivity contribution in [3.63, 3.8) is 0 Å². The molecule has 0 unspecified atom stereocenters. The highest BCUT2D eigenvalue weighted by Gasteiger charge is 2.35. The normalized spacial score (nSPS) is 20.6. The number of benzene rings is 1. The number of H-pyrrole nitrogens is 1. The van der Waals surface area contributed by atoms with Crippen LogP contribution in [0.5, 0.6) is 0 Å². The summed E-state index contributed by atoms with van der Waals surface area (Å²) in [6, 6.07) is 9.04. The predicted molar refractivity (Wildman–Crippen MR) is 164 cm³/mol. The first-order chi connectivity index (χ1) is 21.7. The first-order valence-corrected chi connectivity index (χ1v) is 15.8. The van der Waals surface area contributed by atoms with Crippen molar-refractivity contribution in [1.82, 2.24) is 40.1 Å². The van der Waals surface area contributed by atoms with E-state index in [9.17, 15) is 14.4 Å². The van der Waals surface area contributed by atoms with Crippen molar-refractivity contribution < 1.29 is 24.3 Å². The molecular weight excluding hydrogens is 576 g/mol. The molecule has 2 aliphatic heterocycles. The number of piperidine rings is 1. The molecule has 3 aliphatic rings. The zero-order valence-electron chi connectivity index (χ0n) is 26.0. The van der Waals surface area contributed by atoms with E-state index in [0.29, 0.717) is 62.8 Å². The molecule has 6 rings (SSSR count). The molecule has 13 heteroatoms. The van der Waals surface area contributed by atoms with Crippen molar-refractivity contribution in [3.05, 3.63) is 64.5 Å². The molecule has 45 heavy (non-hydrogen) atoms. The Kier molecular flexibility index (Phi) is 10.3. The van der Waals surface area contributed by atoms with Gasteiger partial charge in [-0.25, -0.2) is 9.67 Å². The molecular formula is C32H42N8O5. The van der Waals surface area contributed by atoms with Gasteiger partial charge in [0.15, 0.2) is 5.69 Å². The molecule has 3 amide bonds. The fourth-order valence-electron chi connectivity index (χ4n) is 6.46. The van der Waals surface area contributed by atoms with E-state index in [-0.39, 0.29) is 24.1 Å². The summed E-state index contributed by atoms with van der Waals surface area (Å²) in [5.74, 6) is 0.126. The van der Waals surface area contributed by atoms with Gasteiger partial charge in [0.25, 0.3) is 11.9 Å². The van der Waals surface area contributed by atoms with Crippen molar-refractivity contribution in [2.24, 2.45) is 0 Å². The average molecular weight is 619 g/mol. The fraction of sp³-hybridized carbons (Fsp3) is 0.531. The van der Waals surface area contributed by atoms with E-state index in [1.165, 1.54) is 0 Å². The maximum absolute atomic E-state index is 13.8.